The molecule has 0 radical (unpaired) electrons. The van der Waals surface area contributed by atoms with E-state index >= 15 is 0 Å². The van der Waals surface area contributed by atoms with Crippen molar-refractivity contribution < 1.29 is 17.9 Å². The van der Waals surface area contributed by atoms with Crippen LogP contribution in [0, 0.1) is 16.6 Å². The van der Waals surface area contributed by atoms with Gasteiger partial charge in [-0.25, -0.2) is 23.1 Å². The highest BCUT2D eigenvalue weighted by atomic mass is 32.1. The van der Waals surface area contributed by atoms with Crippen LogP contribution in [0.25, 0.3) is 0 Å². The number of aromatic nitrogens is 2. The van der Waals surface area contributed by atoms with E-state index in [0.29, 0.717) is 30.5 Å². The zero-order chi connectivity index (χ0) is 19.2. The number of hydrogen-bond acceptors (Lipinski definition) is 7. The summed E-state index contributed by atoms with van der Waals surface area (Å²) in [6.45, 7) is 1.66. The van der Waals surface area contributed by atoms with Gasteiger partial charge in [-0.2, -0.15) is 4.91 Å². The number of hydrogen-bond donors (Lipinski definition) is 0. The van der Waals surface area contributed by atoms with Gasteiger partial charge in [0.2, 0.25) is 5.88 Å². The predicted octanol–water partition coefficient (Wildman–Crippen LogP) is 4.21. The fourth-order valence-corrected chi connectivity index (χ4v) is 4.12. The van der Waals surface area contributed by atoms with Gasteiger partial charge in [-0.3, -0.25) is 4.90 Å². The summed E-state index contributed by atoms with van der Waals surface area (Å²) in [5.74, 6) is 0.221. The number of nitrogens with zero attached hydrogens (tertiary/aromatic N) is 4. The molecule has 0 saturated carbocycles. The number of ether oxygens (including phenoxy) is 1. The van der Waals surface area contributed by atoms with E-state index in [1.165, 1.54) is 17.6 Å². The molecule has 0 N–H and O–H groups in total. The van der Waals surface area contributed by atoms with Gasteiger partial charge in [-0.1, -0.05) is 5.18 Å². The smallest absolute Gasteiger partial charge is 0.281 e. The molecular weight excluding hydrogens is 381 g/mol. The molecule has 0 bridgehead atoms. The second-order valence-electron chi connectivity index (χ2n) is 6.34. The van der Waals surface area contributed by atoms with Gasteiger partial charge >= 0.3 is 0 Å². The van der Waals surface area contributed by atoms with E-state index in [1.54, 1.807) is 0 Å². The Morgan fingerprint density at radius 1 is 1.30 bits per heavy atom. The van der Waals surface area contributed by atoms with Crippen molar-refractivity contribution >= 4 is 11.3 Å². The van der Waals surface area contributed by atoms with Crippen LogP contribution < -0.4 is 4.74 Å². The monoisotopic (exact) mass is 400 g/mol. The molecule has 1 saturated heterocycles. The molecule has 1 unspecified atom stereocenters. The Labute approximate surface area is 158 Å². The fraction of sp³-hybridized carbons (Fsp3) is 0.529. The number of thiazole rings is 1. The number of likely N-dealkylation sites (tertiary alicyclic amines) is 1. The van der Waals surface area contributed by atoms with E-state index in [9.17, 15) is 18.1 Å². The third-order valence-corrected chi connectivity index (χ3v) is 5.58. The normalized spacial score (nSPS) is 17.2. The minimum Gasteiger partial charge on any atom is -0.477 e. The Morgan fingerprint density at radius 3 is 2.70 bits per heavy atom. The molecule has 0 aliphatic carbocycles. The lowest BCUT2D eigenvalue weighted by molar-refractivity contribution is 0.104. The molecule has 0 amide bonds. The summed E-state index contributed by atoms with van der Waals surface area (Å²) in [5.41, 5.74) is 1.12. The lowest BCUT2D eigenvalue weighted by Gasteiger charge is -2.36. The number of alkyl halides is 2. The lowest BCUT2D eigenvalue weighted by atomic mass is 9.96. The Morgan fingerprint density at radius 2 is 2.07 bits per heavy atom. The molecule has 3 rings (SSSR count). The number of pyridine rings is 1. The minimum atomic E-state index is -2.67. The van der Waals surface area contributed by atoms with Crippen molar-refractivity contribution in [3.05, 3.63) is 45.1 Å². The van der Waals surface area contributed by atoms with Crippen molar-refractivity contribution in [3.63, 3.8) is 0 Å². The van der Waals surface area contributed by atoms with E-state index in [1.807, 2.05) is 4.90 Å². The molecule has 6 nitrogen and oxygen atoms in total. The van der Waals surface area contributed by atoms with Gasteiger partial charge in [-0.05, 0) is 37.9 Å². The minimum absolute atomic E-state index is 0.0808. The summed E-state index contributed by atoms with van der Waals surface area (Å²) in [5, 5.41) is 2.95. The van der Waals surface area contributed by atoms with E-state index in [4.69, 9.17) is 4.74 Å². The van der Waals surface area contributed by atoms with Crippen LogP contribution in [-0.2, 0) is 0 Å². The maximum Gasteiger partial charge on any atom is 0.281 e. The molecule has 27 heavy (non-hydrogen) atoms. The van der Waals surface area contributed by atoms with Crippen LogP contribution >= 0.6 is 11.3 Å². The molecule has 0 spiro atoms. The van der Waals surface area contributed by atoms with Crippen LogP contribution in [0.4, 0.5) is 13.2 Å². The highest BCUT2D eigenvalue weighted by Crippen LogP contribution is 2.35. The highest BCUT2D eigenvalue weighted by Gasteiger charge is 2.31. The first-order chi connectivity index (χ1) is 13.1. The fourth-order valence-electron chi connectivity index (χ4n) is 3.19. The maximum atomic E-state index is 13.1. The van der Waals surface area contributed by atoms with Gasteiger partial charge in [0.1, 0.15) is 18.1 Å². The lowest BCUT2D eigenvalue weighted by Crippen LogP contribution is -2.39. The van der Waals surface area contributed by atoms with E-state index < -0.39 is 18.3 Å². The molecule has 1 fully saturated rings. The van der Waals surface area contributed by atoms with Crippen LogP contribution in [0.15, 0.2) is 29.0 Å². The van der Waals surface area contributed by atoms with Crippen molar-refractivity contribution in [2.45, 2.75) is 25.3 Å². The first-order valence-electron chi connectivity index (χ1n) is 8.57. The third-order valence-electron chi connectivity index (χ3n) is 4.64. The first kappa shape index (κ1) is 19.7. The van der Waals surface area contributed by atoms with Gasteiger partial charge in [0.25, 0.3) is 6.43 Å². The van der Waals surface area contributed by atoms with E-state index in [0.717, 1.165) is 30.4 Å². The van der Waals surface area contributed by atoms with Crippen molar-refractivity contribution in [1.29, 1.82) is 0 Å². The Kier molecular flexibility index (Phi) is 6.73. The highest BCUT2D eigenvalue weighted by molar-refractivity contribution is 7.09. The van der Waals surface area contributed by atoms with Gasteiger partial charge in [0, 0.05) is 6.07 Å². The average Bonchev–Trinajstić information content (AvgIpc) is 3.16. The third kappa shape index (κ3) is 5.01. The molecule has 146 valence electrons. The summed E-state index contributed by atoms with van der Waals surface area (Å²) in [7, 11) is 0. The SMILES string of the molecule is O=NCC(c1scnc1C(F)F)N1CCC(COc2ccc(F)cn2)CC1. The van der Waals surface area contributed by atoms with Crippen LogP contribution in [0.5, 0.6) is 5.88 Å². The van der Waals surface area contributed by atoms with Crippen LogP contribution in [0.1, 0.15) is 35.9 Å². The number of nitroso groups, excluding NO2 is 1. The summed E-state index contributed by atoms with van der Waals surface area (Å²) < 4.78 is 44.7. The van der Waals surface area contributed by atoms with Crippen molar-refractivity contribution in [3.8, 4) is 5.88 Å². The van der Waals surface area contributed by atoms with Gasteiger partial charge in [0.05, 0.1) is 29.2 Å². The largest absolute Gasteiger partial charge is 0.477 e. The van der Waals surface area contributed by atoms with Crippen LogP contribution in [-0.4, -0.2) is 41.1 Å². The summed E-state index contributed by atoms with van der Waals surface area (Å²) in [4.78, 5) is 20.9. The van der Waals surface area contributed by atoms with Gasteiger partial charge in [0.15, 0.2) is 0 Å². The quantitative estimate of drug-likeness (QED) is 0.621. The molecule has 3 heterocycles. The molecule has 2 aromatic heterocycles. The Bertz CT molecular complexity index is 736. The zero-order valence-electron chi connectivity index (χ0n) is 14.4. The molecule has 1 aliphatic rings. The molecule has 1 atom stereocenters. The van der Waals surface area contributed by atoms with Gasteiger partial charge < -0.3 is 4.74 Å². The number of rotatable bonds is 8. The zero-order valence-corrected chi connectivity index (χ0v) is 15.2. The summed E-state index contributed by atoms with van der Waals surface area (Å²) in [6.07, 6.45) is 0.0122. The van der Waals surface area contributed by atoms with Gasteiger partial charge in [-0.15, -0.1) is 11.3 Å². The number of piperidine rings is 1. The molecular formula is C17H19F3N4O2S. The van der Waals surface area contributed by atoms with E-state index in [2.05, 4.69) is 15.1 Å². The van der Waals surface area contributed by atoms with Crippen molar-refractivity contribution in [1.82, 2.24) is 14.9 Å². The van der Waals surface area contributed by atoms with Crippen LogP contribution in [0.3, 0.4) is 0 Å². The number of halogens is 3. The second kappa shape index (κ2) is 9.23. The first-order valence-corrected chi connectivity index (χ1v) is 9.45. The summed E-state index contributed by atoms with van der Waals surface area (Å²) in [6, 6.07) is 2.29. The van der Waals surface area contributed by atoms with E-state index in [-0.39, 0.29) is 18.2 Å². The molecule has 2 aromatic rings. The van der Waals surface area contributed by atoms with Crippen LogP contribution in [0.2, 0.25) is 0 Å². The Hall–Kier alpha value is -2.07. The second-order valence-corrected chi connectivity index (χ2v) is 7.22. The summed E-state index contributed by atoms with van der Waals surface area (Å²) >= 11 is 1.13. The topological polar surface area (TPSA) is 67.7 Å². The standard InChI is InChI=1S/C17H19F3N4O2S/c18-12-1-2-14(21-7-12)26-9-11-3-5-24(6-4-11)13(8-23-25)16-15(17(19)20)22-10-27-16/h1-2,7,10-11,13,17H,3-6,8-9H2. The molecule has 10 heteroatoms. The molecule has 0 aromatic carbocycles. The maximum absolute atomic E-state index is 13.1. The predicted molar refractivity (Wildman–Crippen MR) is 94.5 cm³/mol. The Balaban J connectivity index is 1.56. The average molecular weight is 400 g/mol. The van der Waals surface area contributed by atoms with Crippen molar-refractivity contribution in [2.75, 3.05) is 26.2 Å². The molecule has 1 aliphatic heterocycles. The van der Waals surface area contributed by atoms with Crippen molar-refractivity contribution in [2.24, 2.45) is 11.1 Å².